The Morgan fingerprint density at radius 2 is 1.89 bits per heavy atom. The van der Waals surface area contributed by atoms with E-state index in [2.05, 4.69) is 23.7 Å². The summed E-state index contributed by atoms with van der Waals surface area (Å²) in [5, 5.41) is 0. The van der Waals surface area contributed by atoms with Crippen molar-refractivity contribution in [2.75, 3.05) is 19.6 Å². The van der Waals surface area contributed by atoms with Crippen molar-refractivity contribution >= 4 is 10.0 Å². The first-order valence-corrected chi connectivity index (χ1v) is 11.1. The Balaban J connectivity index is 1.68. The van der Waals surface area contributed by atoms with Crippen molar-refractivity contribution in [3.8, 4) is 0 Å². The molecule has 1 aromatic carbocycles. The average Bonchev–Trinajstić information content (AvgIpc) is 3.13. The summed E-state index contributed by atoms with van der Waals surface area (Å²) in [4.78, 5) is 6.96. The number of fused-ring (bicyclic) bond motifs is 2. The minimum absolute atomic E-state index is 0.433. The number of aromatic nitrogens is 1. The van der Waals surface area contributed by atoms with E-state index in [-0.39, 0.29) is 0 Å². The monoisotopic (exact) mass is 385 g/mol. The lowest BCUT2D eigenvalue weighted by molar-refractivity contribution is 0.184. The molecule has 0 unspecified atom stereocenters. The molecule has 1 atom stereocenters. The van der Waals surface area contributed by atoms with Gasteiger partial charge in [-0.25, -0.2) is 8.42 Å². The van der Waals surface area contributed by atoms with E-state index < -0.39 is 15.6 Å². The Hall–Kier alpha value is -1.76. The quantitative estimate of drug-likeness (QED) is 0.793. The third-order valence-electron chi connectivity index (χ3n) is 5.83. The maximum atomic E-state index is 13.3. The van der Waals surface area contributed by atoms with Crippen LogP contribution < -0.4 is 0 Å². The molecule has 2 aromatic rings. The van der Waals surface area contributed by atoms with E-state index in [1.165, 1.54) is 5.56 Å². The summed E-state index contributed by atoms with van der Waals surface area (Å²) in [6.45, 7) is 7.33. The summed E-state index contributed by atoms with van der Waals surface area (Å²) in [5.41, 5.74) is 1.76. The number of hydrogen-bond acceptors (Lipinski definition) is 4. The third kappa shape index (κ3) is 3.20. The van der Waals surface area contributed by atoms with Crippen molar-refractivity contribution in [2.45, 2.75) is 43.7 Å². The van der Waals surface area contributed by atoms with Gasteiger partial charge in [-0.1, -0.05) is 32.0 Å². The van der Waals surface area contributed by atoms with Crippen LogP contribution in [0.25, 0.3) is 0 Å². The fourth-order valence-corrected chi connectivity index (χ4v) is 6.52. The molecule has 0 bridgehead atoms. The molecule has 0 radical (unpaired) electrons. The summed E-state index contributed by atoms with van der Waals surface area (Å²) in [5.74, 6) is 0.468. The lowest BCUT2D eigenvalue weighted by atomic mass is 9.88. The number of nitrogens with zero attached hydrogens (tertiary/aromatic N) is 3. The smallest absolute Gasteiger partial charge is 0.244 e. The SMILES string of the molecule is CC(C)CCN1[C@]2(CCN(Cc3ccncc3)C2)c2ccccc2S1(=O)=O. The van der Waals surface area contributed by atoms with Crippen LogP contribution in [-0.2, 0) is 22.1 Å². The first-order valence-electron chi connectivity index (χ1n) is 9.67. The molecule has 0 saturated carbocycles. The molecule has 4 rings (SSSR count). The molecular formula is C21H27N3O2S. The number of benzene rings is 1. The van der Waals surface area contributed by atoms with Crippen LogP contribution in [0.2, 0.25) is 0 Å². The van der Waals surface area contributed by atoms with Crippen LogP contribution in [0.15, 0.2) is 53.7 Å². The molecule has 27 heavy (non-hydrogen) atoms. The fourth-order valence-electron chi connectivity index (χ4n) is 4.44. The van der Waals surface area contributed by atoms with Gasteiger partial charge < -0.3 is 0 Å². The van der Waals surface area contributed by atoms with E-state index in [0.29, 0.717) is 17.4 Å². The topological polar surface area (TPSA) is 53.5 Å². The summed E-state index contributed by atoms with van der Waals surface area (Å²) >= 11 is 0. The summed E-state index contributed by atoms with van der Waals surface area (Å²) < 4.78 is 28.4. The molecule has 0 amide bonds. The molecule has 1 aromatic heterocycles. The lowest BCUT2D eigenvalue weighted by Crippen LogP contribution is -2.46. The molecule has 5 nitrogen and oxygen atoms in total. The highest BCUT2D eigenvalue weighted by molar-refractivity contribution is 7.89. The zero-order chi connectivity index (χ0) is 19.1. The van der Waals surface area contributed by atoms with Crippen LogP contribution in [-0.4, -0.2) is 42.2 Å². The van der Waals surface area contributed by atoms with E-state index in [1.807, 2.05) is 42.7 Å². The van der Waals surface area contributed by atoms with Crippen molar-refractivity contribution in [3.05, 3.63) is 59.9 Å². The minimum atomic E-state index is -3.43. The highest BCUT2D eigenvalue weighted by Crippen LogP contribution is 2.49. The molecule has 6 heteroatoms. The summed E-state index contributed by atoms with van der Waals surface area (Å²) in [6.07, 6.45) is 5.34. The molecule has 2 aliphatic heterocycles. The number of likely N-dealkylation sites (tertiary alicyclic amines) is 1. The Labute approximate surface area is 162 Å². The van der Waals surface area contributed by atoms with Gasteiger partial charge in [-0.3, -0.25) is 9.88 Å². The van der Waals surface area contributed by atoms with Crippen LogP contribution in [0, 0.1) is 5.92 Å². The molecule has 2 aliphatic rings. The molecule has 1 spiro atoms. The zero-order valence-electron chi connectivity index (χ0n) is 16.0. The molecule has 3 heterocycles. The molecule has 0 N–H and O–H groups in total. The summed E-state index contributed by atoms with van der Waals surface area (Å²) in [7, 11) is -3.43. The van der Waals surface area contributed by atoms with Gasteiger partial charge in [-0.05, 0) is 48.1 Å². The highest BCUT2D eigenvalue weighted by Gasteiger charge is 2.56. The second-order valence-electron chi connectivity index (χ2n) is 8.10. The van der Waals surface area contributed by atoms with Crippen molar-refractivity contribution in [2.24, 2.45) is 5.92 Å². The minimum Gasteiger partial charge on any atom is -0.297 e. The van der Waals surface area contributed by atoms with Gasteiger partial charge in [0.2, 0.25) is 10.0 Å². The van der Waals surface area contributed by atoms with Gasteiger partial charge in [0, 0.05) is 38.6 Å². The van der Waals surface area contributed by atoms with Crippen molar-refractivity contribution in [3.63, 3.8) is 0 Å². The predicted molar refractivity (Wildman–Crippen MR) is 106 cm³/mol. The zero-order valence-corrected chi connectivity index (χ0v) is 16.8. The normalized spacial score (nSPS) is 24.7. The molecule has 144 valence electrons. The van der Waals surface area contributed by atoms with Gasteiger partial charge in [0.15, 0.2) is 0 Å². The molecule has 0 aliphatic carbocycles. The van der Waals surface area contributed by atoms with Crippen LogP contribution in [0.3, 0.4) is 0 Å². The molecule has 1 fully saturated rings. The van der Waals surface area contributed by atoms with Gasteiger partial charge >= 0.3 is 0 Å². The van der Waals surface area contributed by atoms with Crippen LogP contribution in [0.5, 0.6) is 0 Å². The standard InChI is InChI=1S/C21H27N3O2S/c1-17(2)9-13-24-21(19-5-3-4-6-20(19)27(24,25)26)10-14-23(16-21)15-18-7-11-22-12-8-18/h3-8,11-12,17H,9-10,13-16H2,1-2H3/t21-/m0/s1. The largest absolute Gasteiger partial charge is 0.297 e. The Morgan fingerprint density at radius 1 is 1.15 bits per heavy atom. The van der Waals surface area contributed by atoms with Gasteiger partial charge in [0.05, 0.1) is 10.4 Å². The van der Waals surface area contributed by atoms with Gasteiger partial charge in [0.25, 0.3) is 0 Å². The maximum Gasteiger partial charge on any atom is 0.244 e. The number of hydrogen-bond donors (Lipinski definition) is 0. The van der Waals surface area contributed by atoms with Crippen molar-refractivity contribution < 1.29 is 8.42 Å². The second kappa shape index (κ2) is 7.00. The van der Waals surface area contributed by atoms with Gasteiger partial charge in [-0.15, -0.1) is 0 Å². The second-order valence-corrected chi connectivity index (χ2v) is 9.93. The van der Waals surface area contributed by atoms with E-state index in [9.17, 15) is 8.42 Å². The van der Waals surface area contributed by atoms with Gasteiger partial charge in [-0.2, -0.15) is 4.31 Å². The summed E-state index contributed by atoms with van der Waals surface area (Å²) in [6, 6.07) is 11.6. The fraction of sp³-hybridized carbons (Fsp3) is 0.476. The first-order chi connectivity index (χ1) is 12.9. The highest BCUT2D eigenvalue weighted by atomic mass is 32.2. The molecular weight excluding hydrogens is 358 g/mol. The van der Waals surface area contributed by atoms with Crippen LogP contribution >= 0.6 is 0 Å². The van der Waals surface area contributed by atoms with Crippen LogP contribution in [0.4, 0.5) is 0 Å². The number of pyridine rings is 1. The van der Waals surface area contributed by atoms with Crippen molar-refractivity contribution in [1.82, 2.24) is 14.2 Å². The van der Waals surface area contributed by atoms with E-state index in [1.54, 1.807) is 10.4 Å². The maximum absolute atomic E-state index is 13.3. The van der Waals surface area contributed by atoms with E-state index >= 15 is 0 Å². The average molecular weight is 386 g/mol. The predicted octanol–water partition coefficient (Wildman–Crippen LogP) is 3.23. The van der Waals surface area contributed by atoms with Crippen molar-refractivity contribution in [1.29, 1.82) is 0 Å². The number of sulfonamides is 1. The Bertz CT molecular complexity index is 914. The Kier molecular flexibility index (Phi) is 4.82. The molecule has 1 saturated heterocycles. The van der Waals surface area contributed by atoms with Gasteiger partial charge in [0.1, 0.15) is 0 Å². The number of rotatable bonds is 5. The Morgan fingerprint density at radius 3 is 2.63 bits per heavy atom. The van der Waals surface area contributed by atoms with E-state index in [4.69, 9.17) is 0 Å². The first kappa shape index (κ1) is 18.6. The third-order valence-corrected chi connectivity index (χ3v) is 7.85. The van der Waals surface area contributed by atoms with Crippen LogP contribution in [0.1, 0.15) is 37.8 Å². The lowest BCUT2D eigenvalue weighted by Gasteiger charge is -2.34. The van der Waals surface area contributed by atoms with E-state index in [0.717, 1.165) is 38.0 Å².